The Morgan fingerprint density at radius 1 is 1.12 bits per heavy atom. The van der Waals surface area contributed by atoms with Crippen molar-refractivity contribution in [2.75, 3.05) is 24.5 Å². The van der Waals surface area contributed by atoms with E-state index in [-0.39, 0.29) is 23.2 Å². The van der Waals surface area contributed by atoms with Gasteiger partial charge in [0.25, 0.3) is 0 Å². The topological polar surface area (TPSA) is 92.5 Å². The first-order valence-corrected chi connectivity index (χ1v) is 9.73. The maximum Gasteiger partial charge on any atom is 0.239 e. The van der Waals surface area contributed by atoms with Crippen LogP contribution in [0.1, 0.15) is 12.5 Å². The number of sulfonamides is 1. The zero-order valence-electron chi connectivity index (χ0n) is 14.5. The maximum atomic E-state index is 13.0. The minimum atomic E-state index is -3.70. The minimum Gasteiger partial charge on any atom is -0.362 e. The van der Waals surface area contributed by atoms with Gasteiger partial charge >= 0.3 is 0 Å². The third kappa shape index (κ3) is 5.82. The molecule has 0 aliphatic heterocycles. The number of anilines is 1. The van der Waals surface area contributed by atoms with Gasteiger partial charge in [0.15, 0.2) is 0 Å². The number of carbonyl (C=O) groups is 1. The van der Waals surface area contributed by atoms with Crippen molar-refractivity contribution in [2.24, 2.45) is 5.14 Å². The second-order valence-corrected chi connectivity index (χ2v) is 7.34. The molecule has 2 aromatic rings. The molecule has 0 heterocycles. The summed E-state index contributed by atoms with van der Waals surface area (Å²) in [5, 5.41) is 7.88. The predicted octanol–water partition coefficient (Wildman–Crippen LogP) is 1.66. The molecule has 0 aliphatic rings. The minimum absolute atomic E-state index is 0.0585. The van der Waals surface area contributed by atoms with Crippen molar-refractivity contribution in [3.05, 3.63) is 59.9 Å². The van der Waals surface area contributed by atoms with Crippen molar-refractivity contribution in [2.45, 2.75) is 18.2 Å². The standard InChI is InChI=1S/C18H22FN3O3S/c1-2-22(16-7-5-15(19)6-8-16)13-18(23)21-12-11-14-3-9-17(10-4-14)26(20,24)25/h3-10H,2,11-13H2,1H3,(H,21,23)(H2,20,24,25). The van der Waals surface area contributed by atoms with Gasteiger partial charge in [0.1, 0.15) is 5.82 Å². The Kier molecular flexibility index (Phi) is 6.70. The first kappa shape index (κ1) is 19.9. The summed E-state index contributed by atoms with van der Waals surface area (Å²) in [5.74, 6) is -0.458. The Balaban J connectivity index is 1.83. The molecule has 8 heteroatoms. The van der Waals surface area contributed by atoms with E-state index < -0.39 is 10.0 Å². The lowest BCUT2D eigenvalue weighted by Crippen LogP contribution is -2.38. The Bertz CT molecular complexity index is 837. The number of halogens is 1. The molecule has 0 aliphatic carbocycles. The van der Waals surface area contributed by atoms with Crippen LogP contribution in [-0.2, 0) is 21.2 Å². The largest absolute Gasteiger partial charge is 0.362 e. The normalized spacial score (nSPS) is 11.2. The Morgan fingerprint density at radius 3 is 2.27 bits per heavy atom. The molecule has 2 aromatic carbocycles. The van der Waals surface area contributed by atoms with E-state index in [2.05, 4.69) is 5.32 Å². The summed E-state index contributed by atoms with van der Waals surface area (Å²) < 4.78 is 35.4. The van der Waals surface area contributed by atoms with E-state index >= 15 is 0 Å². The quantitative estimate of drug-likeness (QED) is 0.730. The average Bonchev–Trinajstić information content (AvgIpc) is 2.60. The lowest BCUT2D eigenvalue weighted by molar-refractivity contribution is -0.119. The monoisotopic (exact) mass is 379 g/mol. The lowest BCUT2D eigenvalue weighted by Gasteiger charge is -2.22. The third-order valence-corrected chi connectivity index (χ3v) is 4.82. The van der Waals surface area contributed by atoms with Crippen LogP contribution in [0.4, 0.5) is 10.1 Å². The van der Waals surface area contributed by atoms with Crippen LogP contribution in [0.3, 0.4) is 0 Å². The van der Waals surface area contributed by atoms with Crippen LogP contribution in [0.2, 0.25) is 0 Å². The van der Waals surface area contributed by atoms with Crippen molar-refractivity contribution in [1.82, 2.24) is 5.32 Å². The van der Waals surface area contributed by atoms with E-state index in [9.17, 15) is 17.6 Å². The van der Waals surface area contributed by atoms with Crippen molar-refractivity contribution < 1.29 is 17.6 Å². The second kappa shape index (κ2) is 8.77. The van der Waals surface area contributed by atoms with Crippen LogP contribution in [0.5, 0.6) is 0 Å². The number of carbonyl (C=O) groups excluding carboxylic acids is 1. The fourth-order valence-electron chi connectivity index (χ4n) is 2.46. The Hall–Kier alpha value is -2.45. The highest BCUT2D eigenvalue weighted by Gasteiger charge is 2.10. The highest BCUT2D eigenvalue weighted by molar-refractivity contribution is 7.89. The molecule has 0 aromatic heterocycles. The molecule has 2 rings (SSSR count). The number of nitrogens with one attached hydrogen (secondary N) is 1. The molecular formula is C18H22FN3O3S. The predicted molar refractivity (Wildman–Crippen MR) is 98.8 cm³/mol. The first-order chi connectivity index (χ1) is 12.3. The second-order valence-electron chi connectivity index (χ2n) is 5.78. The van der Waals surface area contributed by atoms with Gasteiger partial charge in [-0.05, 0) is 55.3 Å². The van der Waals surface area contributed by atoms with E-state index in [1.807, 2.05) is 11.8 Å². The molecule has 26 heavy (non-hydrogen) atoms. The van der Waals surface area contributed by atoms with Gasteiger partial charge in [0.2, 0.25) is 15.9 Å². The van der Waals surface area contributed by atoms with Crippen LogP contribution in [0, 0.1) is 5.82 Å². The smallest absolute Gasteiger partial charge is 0.239 e. The van der Waals surface area contributed by atoms with Gasteiger partial charge in [-0.1, -0.05) is 12.1 Å². The summed E-state index contributed by atoms with van der Waals surface area (Å²) >= 11 is 0. The fourth-order valence-corrected chi connectivity index (χ4v) is 2.97. The van der Waals surface area contributed by atoms with Gasteiger partial charge in [0, 0.05) is 18.8 Å². The molecule has 0 spiro atoms. The molecule has 3 N–H and O–H groups in total. The van der Waals surface area contributed by atoms with Crippen LogP contribution < -0.4 is 15.4 Å². The third-order valence-electron chi connectivity index (χ3n) is 3.90. The molecule has 0 unspecified atom stereocenters. The summed E-state index contributed by atoms with van der Waals surface area (Å²) in [6.07, 6.45) is 0.569. The van der Waals surface area contributed by atoms with Crippen molar-refractivity contribution in [3.8, 4) is 0 Å². The van der Waals surface area contributed by atoms with Crippen LogP contribution in [-0.4, -0.2) is 34.0 Å². The Morgan fingerprint density at radius 2 is 1.73 bits per heavy atom. The maximum absolute atomic E-state index is 13.0. The molecule has 0 bridgehead atoms. The molecule has 6 nitrogen and oxygen atoms in total. The number of likely N-dealkylation sites (N-methyl/N-ethyl adjacent to an activating group) is 1. The average molecular weight is 379 g/mol. The molecule has 0 saturated carbocycles. The fraction of sp³-hybridized carbons (Fsp3) is 0.278. The van der Waals surface area contributed by atoms with E-state index in [0.29, 0.717) is 19.5 Å². The molecule has 0 saturated heterocycles. The van der Waals surface area contributed by atoms with Gasteiger partial charge < -0.3 is 10.2 Å². The van der Waals surface area contributed by atoms with Crippen LogP contribution in [0.15, 0.2) is 53.4 Å². The Labute approximate surface area is 152 Å². The van der Waals surface area contributed by atoms with Gasteiger partial charge in [0.05, 0.1) is 11.4 Å². The van der Waals surface area contributed by atoms with E-state index in [1.54, 1.807) is 24.3 Å². The summed E-state index contributed by atoms with van der Waals surface area (Å²) in [6.45, 7) is 3.14. The summed E-state index contributed by atoms with van der Waals surface area (Å²) in [4.78, 5) is 14.0. The molecule has 0 atom stereocenters. The summed E-state index contributed by atoms with van der Waals surface area (Å²) in [5.41, 5.74) is 1.67. The van der Waals surface area contributed by atoms with Gasteiger partial charge in [-0.15, -0.1) is 0 Å². The first-order valence-electron chi connectivity index (χ1n) is 8.18. The number of amides is 1. The number of nitrogens with zero attached hydrogens (tertiary/aromatic N) is 1. The van der Waals surface area contributed by atoms with Gasteiger partial charge in [-0.2, -0.15) is 0 Å². The van der Waals surface area contributed by atoms with E-state index in [4.69, 9.17) is 5.14 Å². The molecule has 140 valence electrons. The van der Waals surface area contributed by atoms with Crippen LogP contribution in [0.25, 0.3) is 0 Å². The van der Waals surface area contributed by atoms with E-state index in [1.165, 1.54) is 24.3 Å². The van der Waals surface area contributed by atoms with Crippen molar-refractivity contribution >= 4 is 21.6 Å². The summed E-state index contributed by atoms with van der Waals surface area (Å²) in [6, 6.07) is 12.2. The zero-order valence-corrected chi connectivity index (χ0v) is 15.3. The van der Waals surface area contributed by atoms with Crippen molar-refractivity contribution in [3.63, 3.8) is 0 Å². The molecule has 0 fully saturated rings. The molecule has 0 radical (unpaired) electrons. The molecular weight excluding hydrogens is 357 g/mol. The lowest BCUT2D eigenvalue weighted by atomic mass is 10.1. The van der Waals surface area contributed by atoms with Gasteiger partial charge in [-0.25, -0.2) is 17.9 Å². The van der Waals surface area contributed by atoms with Crippen molar-refractivity contribution in [1.29, 1.82) is 0 Å². The van der Waals surface area contributed by atoms with Crippen LogP contribution >= 0.6 is 0 Å². The number of hydrogen-bond acceptors (Lipinski definition) is 4. The van der Waals surface area contributed by atoms with E-state index in [0.717, 1.165) is 11.3 Å². The number of nitrogens with two attached hydrogens (primary N) is 1. The highest BCUT2D eigenvalue weighted by Crippen LogP contribution is 2.14. The zero-order chi connectivity index (χ0) is 19.2. The number of rotatable bonds is 8. The highest BCUT2D eigenvalue weighted by atomic mass is 32.2. The number of benzene rings is 2. The molecule has 1 amide bonds. The number of hydrogen-bond donors (Lipinski definition) is 2. The van der Waals surface area contributed by atoms with Gasteiger partial charge in [-0.3, -0.25) is 4.79 Å². The SMILES string of the molecule is CCN(CC(=O)NCCc1ccc(S(N)(=O)=O)cc1)c1ccc(F)cc1. The number of primary sulfonamides is 1. The summed E-state index contributed by atoms with van der Waals surface area (Å²) in [7, 11) is -3.70.